The van der Waals surface area contributed by atoms with Gasteiger partial charge in [-0.15, -0.1) is 0 Å². The van der Waals surface area contributed by atoms with Gasteiger partial charge >= 0.3 is 0 Å². The normalized spacial score (nSPS) is 25.1. The molecule has 0 spiro atoms. The highest BCUT2D eigenvalue weighted by molar-refractivity contribution is 6.36. The number of amides is 4. The molecule has 6 heterocycles. The van der Waals surface area contributed by atoms with E-state index in [0.717, 1.165) is 67.2 Å². The largest absolute Gasteiger partial charge is 0.482 e. The number of carbonyl (C=O) groups is 4. The number of hydrogen-bond donors (Lipinski definition) is 2. The van der Waals surface area contributed by atoms with Crippen LogP contribution in [0.1, 0.15) is 96.7 Å². The molecule has 3 saturated heterocycles. The molecular formula is C42H42Cl2F2N8O5. The van der Waals surface area contributed by atoms with Gasteiger partial charge in [0.2, 0.25) is 11.8 Å². The van der Waals surface area contributed by atoms with Crippen molar-refractivity contribution in [3.8, 4) is 16.9 Å². The minimum absolute atomic E-state index is 0.0144. The van der Waals surface area contributed by atoms with Gasteiger partial charge in [-0.05, 0) is 88.1 Å². The van der Waals surface area contributed by atoms with Crippen molar-refractivity contribution in [2.75, 3.05) is 30.3 Å². The van der Waals surface area contributed by atoms with Gasteiger partial charge in [-0.2, -0.15) is 5.10 Å². The summed E-state index contributed by atoms with van der Waals surface area (Å²) in [4.78, 5) is 60.6. The third-order valence-corrected chi connectivity index (χ3v) is 13.5. The number of pyridine rings is 1. The molecule has 0 radical (unpaired) electrons. The monoisotopic (exact) mass is 846 g/mol. The number of anilines is 2. The summed E-state index contributed by atoms with van der Waals surface area (Å²) in [5.41, 5.74) is 8.42. The molecule has 3 unspecified atom stereocenters. The van der Waals surface area contributed by atoms with Crippen molar-refractivity contribution in [2.24, 2.45) is 5.92 Å². The van der Waals surface area contributed by atoms with Gasteiger partial charge in [0.25, 0.3) is 11.8 Å². The Bertz CT molecular complexity index is 2370. The van der Waals surface area contributed by atoms with Gasteiger partial charge in [-0.3, -0.25) is 39.0 Å². The van der Waals surface area contributed by atoms with E-state index in [-0.39, 0.29) is 63.6 Å². The average molecular weight is 848 g/mol. The lowest BCUT2D eigenvalue weighted by atomic mass is 9.85. The van der Waals surface area contributed by atoms with Crippen LogP contribution in [0, 0.1) is 17.6 Å². The number of ether oxygens (including phenoxy) is 1. The number of aromatic nitrogens is 3. The number of nitrogen functional groups attached to an aromatic ring is 1. The molecule has 4 aromatic rings. The summed E-state index contributed by atoms with van der Waals surface area (Å²) in [6.07, 6.45) is 10.9. The van der Waals surface area contributed by atoms with Crippen molar-refractivity contribution in [1.29, 1.82) is 0 Å². The van der Waals surface area contributed by atoms with E-state index in [1.54, 1.807) is 25.4 Å². The van der Waals surface area contributed by atoms with Gasteiger partial charge in [0.15, 0.2) is 11.6 Å². The Morgan fingerprint density at radius 3 is 2.29 bits per heavy atom. The molecule has 13 nitrogen and oxygen atoms in total. The summed E-state index contributed by atoms with van der Waals surface area (Å²) < 4.78 is 38.0. The van der Waals surface area contributed by atoms with Gasteiger partial charge in [-0.25, -0.2) is 13.8 Å². The molecule has 1 saturated carbocycles. The van der Waals surface area contributed by atoms with Crippen LogP contribution in [0.3, 0.4) is 0 Å². The third kappa shape index (κ3) is 7.20. The zero-order valence-corrected chi connectivity index (χ0v) is 33.7. The van der Waals surface area contributed by atoms with E-state index in [4.69, 9.17) is 38.8 Å². The van der Waals surface area contributed by atoms with Gasteiger partial charge in [-0.1, -0.05) is 23.2 Å². The molecular weight excluding hydrogens is 805 g/mol. The lowest BCUT2D eigenvalue weighted by Crippen LogP contribution is -2.55. The van der Waals surface area contributed by atoms with Crippen LogP contribution >= 0.6 is 23.2 Å². The molecule has 1 aliphatic carbocycles. The number of piperazine rings is 1. The first-order chi connectivity index (χ1) is 28.3. The molecule has 5 aliphatic rings. The van der Waals surface area contributed by atoms with E-state index in [2.05, 4.69) is 15.2 Å². The third-order valence-electron chi connectivity index (χ3n) is 12.7. The van der Waals surface area contributed by atoms with Crippen molar-refractivity contribution in [1.82, 2.24) is 29.9 Å². The van der Waals surface area contributed by atoms with E-state index in [1.807, 2.05) is 15.8 Å². The molecule has 2 aromatic heterocycles. The van der Waals surface area contributed by atoms with Gasteiger partial charge < -0.3 is 15.4 Å². The number of nitrogens with zero attached hydrogens (tertiary/aromatic N) is 6. The minimum Gasteiger partial charge on any atom is -0.482 e. The number of nitrogens with one attached hydrogen (secondary N) is 1. The lowest BCUT2D eigenvalue weighted by Gasteiger charge is -2.44. The fourth-order valence-electron chi connectivity index (χ4n) is 9.66. The Kier molecular flexibility index (Phi) is 10.3. The highest BCUT2D eigenvalue weighted by atomic mass is 35.5. The molecule has 4 atom stereocenters. The zero-order chi connectivity index (χ0) is 41.3. The van der Waals surface area contributed by atoms with Crippen LogP contribution in [0.2, 0.25) is 10.0 Å². The first-order valence-corrected chi connectivity index (χ1v) is 20.8. The van der Waals surface area contributed by atoms with Crippen molar-refractivity contribution in [3.05, 3.63) is 87.3 Å². The molecule has 17 heteroatoms. The number of piperidine rings is 1. The van der Waals surface area contributed by atoms with Gasteiger partial charge in [0.05, 0.1) is 34.1 Å². The molecule has 4 aliphatic heterocycles. The van der Waals surface area contributed by atoms with E-state index < -0.39 is 47.4 Å². The topological polar surface area (TPSA) is 156 Å². The van der Waals surface area contributed by atoms with Crippen LogP contribution in [0.5, 0.6) is 5.75 Å². The Morgan fingerprint density at radius 1 is 0.881 bits per heavy atom. The summed E-state index contributed by atoms with van der Waals surface area (Å²) in [7, 11) is 0. The lowest BCUT2D eigenvalue weighted by molar-refractivity contribution is -0.136. The molecule has 308 valence electrons. The number of rotatable bonds is 9. The van der Waals surface area contributed by atoms with Crippen LogP contribution in [-0.2, 0) is 9.59 Å². The molecule has 9 rings (SSSR count). The second kappa shape index (κ2) is 15.5. The summed E-state index contributed by atoms with van der Waals surface area (Å²) in [5.74, 6) is -2.68. The van der Waals surface area contributed by atoms with Crippen LogP contribution in [0.4, 0.5) is 20.3 Å². The molecule has 2 aromatic carbocycles. The number of fused-ring (bicyclic) bond motifs is 3. The first kappa shape index (κ1) is 39.3. The van der Waals surface area contributed by atoms with E-state index in [1.165, 1.54) is 18.2 Å². The van der Waals surface area contributed by atoms with E-state index in [0.29, 0.717) is 30.3 Å². The maximum absolute atomic E-state index is 15.7. The summed E-state index contributed by atoms with van der Waals surface area (Å²) in [6.45, 7) is 3.89. The summed E-state index contributed by atoms with van der Waals surface area (Å²) >= 11 is 12.5. The number of halogens is 4. The van der Waals surface area contributed by atoms with Crippen molar-refractivity contribution in [2.45, 2.75) is 88.6 Å². The standard InChI is InChI=1S/C42H42Cl2F2N8O5/c1-21(37-30(43)8-9-31(45)38(37)44)59-35-12-23(15-48-39(35)47)24-16-49-53(18-24)25-4-2-22(3-5-25)17-52-26-6-7-27(52)20-51(19-26)34-14-29-28(13-32(34)46)41(57)54(42(29)58)33-10-11-36(55)50-40(33)56/h8-9,12-16,18,21-22,25-27,33H,2-7,10-11,17,19-20H2,1H3,(H2,47,48)(H,50,55,56)/t21-,22?,25?,26?,27?,33?/m1/s1. The quantitative estimate of drug-likeness (QED) is 0.137. The van der Waals surface area contributed by atoms with Crippen molar-refractivity contribution in [3.63, 3.8) is 0 Å². The Balaban J connectivity index is 0.808. The summed E-state index contributed by atoms with van der Waals surface area (Å²) in [5, 5.41) is 7.08. The fraction of sp³-hybridized carbons (Fsp3) is 0.429. The predicted octanol–water partition coefficient (Wildman–Crippen LogP) is 6.74. The number of benzene rings is 2. The van der Waals surface area contributed by atoms with Crippen LogP contribution in [-0.4, -0.2) is 86.0 Å². The molecule has 4 fully saturated rings. The van der Waals surface area contributed by atoms with E-state index in [9.17, 15) is 23.6 Å². The second-order valence-corrected chi connectivity index (χ2v) is 17.1. The number of nitrogens with two attached hydrogens (primary N) is 1. The predicted molar refractivity (Wildman–Crippen MR) is 215 cm³/mol. The molecule has 3 N–H and O–H groups in total. The van der Waals surface area contributed by atoms with Gasteiger partial charge in [0.1, 0.15) is 23.8 Å². The SMILES string of the molecule is C[C@@H](Oc1cc(-c2cnn(C3CCC(CN4C5CCC4CN(c4cc6c(cc4F)C(=O)N(C4CCC(=O)NC4=O)C6=O)C5)CC3)c2)cnc1N)c1c(Cl)ccc(F)c1Cl. The van der Waals surface area contributed by atoms with Crippen LogP contribution < -0.4 is 20.7 Å². The van der Waals surface area contributed by atoms with Crippen molar-refractivity contribution < 1.29 is 32.7 Å². The Morgan fingerprint density at radius 2 is 1.58 bits per heavy atom. The van der Waals surface area contributed by atoms with Gasteiger partial charge in [0, 0.05) is 72.2 Å². The van der Waals surface area contributed by atoms with Crippen LogP contribution in [0.25, 0.3) is 11.1 Å². The molecule has 59 heavy (non-hydrogen) atoms. The molecule has 2 bridgehead atoms. The second-order valence-electron chi connectivity index (χ2n) is 16.3. The Hall–Kier alpha value is -5.12. The summed E-state index contributed by atoms with van der Waals surface area (Å²) in [6, 6.07) is 6.61. The minimum atomic E-state index is -1.10. The number of hydrogen-bond acceptors (Lipinski definition) is 10. The maximum atomic E-state index is 15.7. The fourth-order valence-corrected chi connectivity index (χ4v) is 10.3. The number of imide groups is 2. The highest BCUT2D eigenvalue weighted by Crippen LogP contribution is 2.41. The zero-order valence-electron chi connectivity index (χ0n) is 32.2. The first-order valence-electron chi connectivity index (χ1n) is 20.0. The smallest absolute Gasteiger partial charge is 0.262 e. The maximum Gasteiger partial charge on any atom is 0.262 e. The van der Waals surface area contributed by atoms with Crippen molar-refractivity contribution >= 4 is 58.3 Å². The molecule has 4 amide bonds. The Labute approximate surface area is 348 Å². The average Bonchev–Trinajstić information content (AvgIpc) is 3.85. The van der Waals surface area contributed by atoms with Crippen LogP contribution in [0.15, 0.2) is 48.9 Å². The van der Waals surface area contributed by atoms with E-state index >= 15 is 4.39 Å². The highest BCUT2D eigenvalue weighted by Gasteiger charge is 2.47. The number of carbonyl (C=O) groups excluding carboxylic acids is 4.